The van der Waals surface area contributed by atoms with Gasteiger partial charge in [-0.3, -0.25) is 0 Å². The molecule has 0 aliphatic carbocycles. The monoisotopic (exact) mass is 310 g/mol. The van der Waals surface area contributed by atoms with Gasteiger partial charge in [0.15, 0.2) is 6.29 Å². The highest BCUT2D eigenvalue weighted by Gasteiger charge is 2.13. The van der Waals surface area contributed by atoms with Crippen LogP contribution in [-0.2, 0) is 14.2 Å². The molecule has 4 heteroatoms. The van der Waals surface area contributed by atoms with Gasteiger partial charge in [0.05, 0.1) is 25.4 Å². The van der Waals surface area contributed by atoms with Crippen LogP contribution < -0.4 is 4.74 Å². The molecule has 0 unspecified atom stereocenters. The van der Waals surface area contributed by atoms with E-state index in [-0.39, 0.29) is 18.5 Å². The molecule has 0 amide bonds. The Morgan fingerprint density at radius 2 is 1.41 bits per heavy atom. The molecule has 0 saturated carbocycles. The molecule has 0 fully saturated rings. The number of rotatable bonds is 12. The summed E-state index contributed by atoms with van der Waals surface area (Å²) in [5, 5.41) is 0. The summed E-state index contributed by atoms with van der Waals surface area (Å²) in [4.78, 5) is 0. The number of para-hydroxylation sites is 1. The molecule has 0 aromatic heterocycles. The van der Waals surface area contributed by atoms with E-state index in [9.17, 15) is 0 Å². The molecule has 1 aromatic carbocycles. The summed E-state index contributed by atoms with van der Waals surface area (Å²) in [6.07, 6.45) is 1.90. The first-order chi connectivity index (χ1) is 10.6. The molecule has 0 heterocycles. The fraction of sp³-hybridized carbons (Fsp3) is 0.667. The van der Waals surface area contributed by atoms with Gasteiger partial charge in [0.2, 0.25) is 0 Å². The van der Waals surface area contributed by atoms with Crippen LogP contribution in [0.15, 0.2) is 30.3 Å². The van der Waals surface area contributed by atoms with Crippen molar-refractivity contribution < 1.29 is 18.9 Å². The number of ether oxygens (including phenoxy) is 4. The van der Waals surface area contributed by atoms with Crippen LogP contribution in [0, 0.1) is 0 Å². The Morgan fingerprint density at radius 1 is 0.818 bits per heavy atom. The van der Waals surface area contributed by atoms with Gasteiger partial charge in [0.25, 0.3) is 0 Å². The lowest BCUT2D eigenvalue weighted by Gasteiger charge is -2.22. The molecule has 0 aliphatic heterocycles. The first-order valence-corrected chi connectivity index (χ1v) is 8.14. The SMILES string of the molecule is CC(C)OC(COCCCCOc1ccccc1)OC(C)C. The summed E-state index contributed by atoms with van der Waals surface area (Å²) in [7, 11) is 0. The molecular formula is C18H30O4. The molecule has 126 valence electrons. The van der Waals surface area contributed by atoms with Gasteiger partial charge in [-0.2, -0.15) is 0 Å². The maximum Gasteiger partial charge on any atom is 0.181 e. The second kappa shape index (κ2) is 11.5. The molecule has 0 spiro atoms. The minimum atomic E-state index is -0.291. The van der Waals surface area contributed by atoms with Gasteiger partial charge in [-0.05, 0) is 52.7 Å². The van der Waals surface area contributed by atoms with E-state index in [1.54, 1.807) is 0 Å². The van der Waals surface area contributed by atoms with Crippen molar-refractivity contribution >= 4 is 0 Å². The highest BCUT2D eigenvalue weighted by atomic mass is 16.7. The van der Waals surface area contributed by atoms with E-state index in [1.165, 1.54) is 0 Å². The average molecular weight is 310 g/mol. The highest BCUT2D eigenvalue weighted by molar-refractivity contribution is 5.20. The quantitative estimate of drug-likeness (QED) is 0.431. The van der Waals surface area contributed by atoms with Crippen molar-refractivity contribution in [2.75, 3.05) is 19.8 Å². The molecular weight excluding hydrogens is 280 g/mol. The molecule has 22 heavy (non-hydrogen) atoms. The highest BCUT2D eigenvalue weighted by Crippen LogP contribution is 2.09. The fourth-order valence-electron chi connectivity index (χ4n) is 1.91. The molecule has 0 radical (unpaired) electrons. The molecule has 1 rings (SSSR count). The minimum Gasteiger partial charge on any atom is -0.494 e. The van der Waals surface area contributed by atoms with Crippen molar-refractivity contribution in [1.29, 1.82) is 0 Å². The van der Waals surface area contributed by atoms with E-state index in [0.717, 1.165) is 18.6 Å². The van der Waals surface area contributed by atoms with Crippen LogP contribution in [-0.4, -0.2) is 38.3 Å². The van der Waals surface area contributed by atoms with Gasteiger partial charge in [0, 0.05) is 6.61 Å². The van der Waals surface area contributed by atoms with Crippen molar-refractivity contribution in [2.24, 2.45) is 0 Å². The van der Waals surface area contributed by atoms with E-state index < -0.39 is 0 Å². The number of unbranched alkanes of at least 4 members (excludes halogenated alkanes) is 1. The summed E-state index contributed by atoms with van der Waals surface area (Å²) in [5.41, 5.74) is 0. The third-order valence-corrected chi connectivity index (χ3v) is 2.80. The van der Waals surface area contributed by atoms with Gasteiger partial charge in [-0.25, -0.2) is 0 Å². The number of hydrogen-bond acceptors (Lipinski definition) is 4. The Morgan fingerprint density at radius 3 is 2.00 bits per heavy atom. The van der Waals surface area contributed by atoms with E-state index in [4.69, 9.17) is 18.9 Å². The van der Waals surface area contributed by atoms with Crippen LogP contribution in [0.2, 0.25) is 0 Å². The topological polar surface area (TPSA) is 36.9 Å². The first kappa shape index (κ1) is 18.9. The third kappa shape index (κ3) is 9.77. The predicted molar refractivity (Wildman–Crippen MR) is 88.2 cm³/mol. The van der Waals surface area contributed by atoms with E-state index in [1.807, 2.05) is 58.0 Å². The molecule has 0 bridgehead atoms. The Kier molecular flexibility index (Phi) is 9.87. The van der Waals surface area contributed by atoms with Crippen LogP contribution in [0.5, 0.6) is 5.75 Å². The summed E-state index contributed by atoms with van der Waals surface area (Å²) in [5.74, 6) is 0.916. The minimum absolute atomic E-state index is 0.131. The number of benzene rings is 1. The zero-order valence-electron chi connectivity index (χ0n) is 14.3. The fourth-order valence-corrected chi connectivity index (χ4v) is 1.91. The average Bonchev–Trinajstić information content (AvgIpc) is 2.46. The maximum atomic E-state index is 5.67. The molecule has 1 aromatic rings. The van der Waals surface area contributed by atoms with E-state index >= 15 is 0 Å². The molecule has 0 atom stereocenters. The predicted octanol–water partition coefficient (Wildman–Crippen LogP) is 4.04. The second-order valence-corrected chi connectivity index (χ2v) is 5.74. The standard InChI is InChI=1S/C18H30O4/c1-15(2)21-18(22-16(3)4)14-19-12-8-9-13-20-17-10-6-5-7-11-17/h5-7,10-11,15-16,18H,8-9,12-14H2,1-4H3. The lowest BCUT2D eigenvalue weighted by molar-refractivity contribution is -0.204. The molecule has 0 aliphatic rings. The van der Waals surface area contributed by atoms with Crippen molar-refractivity contribution in [3.63, 3.8) is 0 Å². The second-order valence-electron chi connectivity index (χ2n) is 5.74. The summed E-state index contributed by atoms with van der Waals surface area (Å²) < 4.78 is 22.6. The smallest absolute Gasteiger partial charge is 0.181 e. The van der Waals surface area contributed by atoms with Gasteiger partial charge in [0.1, 0.15) is 5.75 Å². The molecule has 0 N–H and O–H groups in total. The number of hydrogen-bond donors (Lipinski definition) is 0. The zero-order chi connectivity index (χ0) is 16.2. The Balaban J connectivity index is 2.05. The van der Waals surface area contributed by atoms with Crippen LogP contribution in [0.25, 0.3) is 0 Å². The zero-order valence-corrected chi connectivity index (χ0v) is 14.3. The van der Waals surface area contributed by atoms with Gasteiger partial charge < -0.3 is 18.9 Å². The van der Waals surface area contributed by atoms with Crippen LogP contribution in [0.3, 0.4) is 0 Å². The van der Waals surface area contributed by atoms with Crippen molar-refractivity contribution in [2.45, 2.75) is 59.0 Å². The van der Waals surface area contributed by atoms with Crippen molar-refractivity contribution in [1.82, 2.24) is 0 Å². The molecule has 0 saturated heterocycles. The summed E-state index contributed by atoms with van der Waals surface area (Å²) in [6, 6.07) is 9.86. The van der Waals surface area contributed by atoms with Gasteiger partial charge >= 0.3 is 0 Å². The molecule has 4 nitrogen and oxygen atoms in total. The largest absolute Gasteiger partial charge is 0.494 e. The van der Waals surface area contributed by atoms with Gasteiger partial charge in [-0.15, -0.1) is 0 Å². The van der Waals surface area contributed by atoms with Crippen LogP contribution in [0.1, 0.15) is 40.5 Å². The Labute approximate surface area is 134 Å². The summed E-state index contributed by atoms with van der Waals surface area (Å²) in [6.45, 7) is 9.86. The van der Waals surface area contributed by atoms with Crippen molar-refractivity contribution in [3.8, 4) is 5.75 Å². The third-order valence-electron chi connectivity index (χ3n) is 2.80. The normalized spacial score (nSPS) is 11.6. The van der Waals surface area contributed by atoms with Crippen LogP contribution in [0.4, 0.5) is 0 Å². The van der Waals surface area contributed by atoms with Crippen LogP contribution >= 0.6 is 0 Å². The summed E-state index contributed by atoms with van der Waals surface area (Å²) >= 11 is 0. The Hall–Kier alpha value is -1.10. The van der Waals surface area contributed by atoms with E-state index in [0.29, 0.717) is 19.8 Å². The van der Waals surface area contributed by atoms with Gasteiger partial charge in [-0.1, -0.05) is 18.2 Å². The maximum absolute atomic E-state index is 5.67. The lowest BCUT2D eigenvalue weighted by Crippen LogP contribution is -2.29. The first-order valence-electron chi connectivity index (χ1n) is 8.14. The van der Waals surface area contributed by atoms with Crippen molar-refractivity contribution in [3.05, 3.63) is 30.3 Å². The Bertz CT molecular complexity index is 355. The lowest BCUT2D eigenvalue weighted by atomic mass is 10.3. The van der Waals surface area contributed by atoms with E-state index in [2.05, 4.69) is 0 Å².